The summed E-state index contributed by atoms with van der Waals surface area (Å²) in [5.41, 5.74) is 1.52. The number of carbonyl (C=O) groups is 1. The molecule has 72 valence electrons. The summed E-state index contributed by atoms with van der Waals surface area (Å²) in [6.07, 6.45) is 0.806. The van der Waals surface area contributed by atoms with Crippen LogP contribution in [0.4, 0.5) is 0 Å². The van der Waals surface area contributed by atoms with Gasteiger partial charge in [0.15, 0.2) is 6.29 Å². The summed E-state index contributed by atoms with van der Waals surface area (Å²) in [5.74, 6) is 0.819. The summed E-state index contributed by atoms with van der Waals surface area (Å²) in [6, 6.07) is 7.54. The highest BCUT2D eigenvalue weighted by Gasteiger charge is 2.00. The molecule has 0 unspecified atom stereocenters. The summed E-state index contributed by atoms with van der Waals surface area (Å²) < 4.78 is 5.35. The topological polar surface area (TPSA) is 42.1 Å². The number of aromatic nitrogens is 1. The van der Waals surface area contributed by atoms with Gasteiger partial charge in [0, 0.05) is 17.0 Å². The van der Waals surface area contributed by atoms with Crippen molar-refractivity contribution in [2.75, 3.05) is 6.61 Å². The first-order valence-electron chi connectivity index (χ1n) is 4.54. The van der Waals surface area contributed by atoms with Crippen molar-refractivity contribution in [1.82, 2.24) is 4.98 Å². The lowest BCUT2D eigenvalue weighted by Gasteiger charge is -2.01. The molecule has 0 spiro atoms. The van der Waals surface area contributed by atoms with Gasteiger partial charge in [-0.3, -0.25) is 4.79 Å². The second-order valence-electron chi connectivity index (χ2n) is 3.02. The van der Waals surface area contributed by atoms with Crippen LogP contribution < -0.4 is 4.74 Å². The molecule has 2 rings (SSSR count). The van der Waals surface area contributed by atoms with Crippen LogP contribution in [-0.2, 0) is 0 Å². The van der Waals surface area contributed by atoms with E-state index < -0.39 is 0 Å². The molecule has 1 N–H and O–H groups in total. The third-order valence-electron chi connectivity index (χ3n) is 2.05. The summed E-state index contributed by atoms with van der Waals surface area (Å²) in [5, 5.41) is 1.02. The molecule has 0 saturated carbocycles. The van der Waals surface area contributed by atoms with Gasteiger partial charge in [-0.2, -0.15) is 0 Å². The molecule has 0 aliphatic rings. The zero-order valence-corrected chi connectivity index (χ0v) is 7.91. The van der Waals surface area contributed by atoms with Crippen molar-refractivity contribution in [3.8, 4) is 5.75 Å². The first-order valence-corrected chi connectivity index (χ1v) is 4.54. The Kier molecular flexibility index (Phi) is 2.23. The SMILES string of the molecule is CCOc1ccc2cc(C=O)[nH]c2c1. The Bertz CT molecular complexity index is 459. The summed E-state index contributed by atoms with van der Waals surface area (Å²) in [4.78, 5) is 13.5. The smallest absolute Gasteiger partial charge is 0.166 e. The van der Waals surface area contributed by atoms with Gasteiger partial charge in [-0.25, -0.2) is 0 Å². The minimum Gasteiger partial charge on any atom is -0.494 e. The molecule has 0 fully saturated rings. The second kappa shape index (κ2) is 3.54. The van der Waals surface area contributed by atoms with Gasteiger partial charge in [-0.1, -0.05) is 0 Å². The number of aldehydes is 1. The van der Waals surface area contributed by atoms with Crippen LogP contribution in [0.15, 0.2) is 24.3 Å². The molecule has 0 atom stereocenters. The highest BCUT2D eigenvalue weighted by molar-refractivity contribution is 5.88. The maximum atomic E-state index is 10.5. The van der Waals surface area contributed by atoms with E-state index in [1.165, 1.54) is 0 Å². The Morgan fingerprint density at radius 3 is 3.00 bits per heavy atom. The molecule has 0 aliphatic carbocycles. The van der Waals surface area contributed by atoms with Crippen LogP contribution in [0, 0.1) is 0 Å². The van der Waals surface area contributed by atoms with Crippen LogP contribution in [0.3, 0.4) is 0 Å². The van der Waals surface area contributed by atoms with E-state index in [1.807, 2.05) is 31.2 Å². The lowest BCUT2D eigenvalue weighted by Crippen LogP contribution is -1.90. The van der Waals surface area contributed by atoms with Gasteiger partial charge in [-0.15, -0.1) is 0 Å². The van der Waals surface area contributed by atoms with Crippen LogP contribution in [-0.4, -0.2) is 17.9 Å². The van der Waals surface area contributed by atoms with Gasteiger partial charge >= 0.3 is 0 Å². The van der Waals surface area contributed by atoms with Gasteiger partial charge in [0.05, 0.1) is 12.3 Å². The normalized spacial score (nSPS) is 10.4. The van der Waals surface area contributed by atoms with E-state index in [9.17, 15) is 4.79 Å². The minimum absolute atomic E-state index is 0.591. The zero-order chi connectivity index (χ0) is 9.97. The quantitative estimate of drug-likeness (QED) is 0.753. The molecule has 0 aliphatic heterocycles. The Hall–Kier alpha value is -1.77. The fourth-order valence-corrected chi connectivity index (χ4v) is 1.45. The summed E-state index contributed by atoms with van der Waals surface area (Å²) in [6.45, 7) is 2.59. The number of hydrogen-bond acceptors (Lipinski definition) is 2. The minimum atomic E-state index is 0.591. The van der Waals surface area contributed by atoms with Gasteiger partial charge in [0.25, 0.3) is 0 Å². The Balaban J connectivity index is 2.48. The predicted molar refractivity (Wildman–Crippen MR) is 54.9 cm³/mol. The number of nitrogens with one attached hydrogen (secondary N) is 1. The van der Waals surface area contributed by atoms with E-state index in [0.29, 0.717) is 12.3 Å². The van der Waals surface area contributed by atoms with E-state index in [-0.39, 0.29) is 0 Å². The average Bonchev–Trinajstić information content (AvgIpc) is 2.60. The molecule has 0 bridgehead atoms. The lowest BCUT2D eigenvalue weighted by molar-refractivity contribution is 0.112. The average molecular weight is 189 g/mol. The number of fused-ring (bicyclic) bond motifs is 1. The molecule has 1 aromatic carbocycles. The molecule has 3 nitrogen and oxygen atoms in total. The molecule has 1 heterocycles. The zero-order valence-electron chi connectivity index (χ0n) is 7.91. The standard InChI is InChI=1S/C11H11NO2/c1-2-14-10-4-3-8-5-9(7-13)12-11(8)6-10/h3-7,12H,2H2,1H3. The van der Waals surface area contributed by atoms with Gasteiger partial charge in [0.1, 0.15) is 5.75 Å². The third-order valence-corrected chi connectivity index (χ3v) is 2.05. The molecular formula is C11H11NO2. The van der Waals surface area contributed by atoms with Crippen LogP contribution in [0.1, 0.15) is 17.4 Å². The van der Waals surface area contributed by atoms with Crippen LogP contribution in [0.5, 0.6) is 5.75 Å². The molecule has 1 aromatic heterocycles. The molecule has 0 amide bonds. The van der Waals surface area contributed by atoms with Crippen molar-refractivity contribution in [3.63, 3.8) is 0 Å². The summed E-state index contributed by atoms with van der Waals surface area (Å²) >= 11 is 0. The predicted octanol–water partition coefficient (Wildman–Crippen LogP) is 2.38. The number of ether oxygens (including phenoxy) is 1. The van der Waals surface area contributed by atoms with Crippen molar-refractivity contribution in [2.45, 2.75) is 6.92 Å². The third kappa shape index (κ3) is 1.48. The molecule has 14 heavy (non-hydrogen) atoms. The highest BCUT2D eigenvalue weighted by Crippen LogP contribution is 2.20. The molecule has 2 aromatic rings. The first kappa shape index (κ1) is 8.81. The highest BCUT2D eigenvalue weighted by atomic mass is 16.5. The summed E-state index contributed by atoms with van der Waals surface area (Å²) in [7, 11) is 0. The Labute approximate surface area is 81.7 Å². The van der Waals surface area contributed by atoms with Gasteiger partial charge in [-0.05, 0) is 25.1 Å². The van der Waals surface area contributed by atoms with E-state index in [1.54, 1.807) is 0 Å². The van der Waals surface area contributed by atoms with Gasteiger partial charge in [0.2, 0.25) is 0 Å². The first-order chi connectivity index (χ1) is 6.83. The number of carbonyl (C=O) groups excluding carboxylic acids is 1. The van der Waals surface area contributed by atoms with Crippen LogP contribution in [0.2, 0.25) is 0 Å². The fourth-order valence-electron chi connectivity index (χ4n) is 1.45. The van der Waals surface area contributed by atoms with Crippen molar-refractivity contribution in [2.24, 2.45) is 0 Å². The fraction of sp³-hybridized carbons (Fsp3) is 0.182. The van der Waals surface area contributed by atoms with Crippen molar-refractivity contribution < 1.29 is 9.53 Å². The van der Waals surface area contributed by atoms with Crippen molar-refractivity contribution in [1.29, 1.82) is 0 Å². The van der Waals surface area contributed by atoms with Crippen LogP contribution in [0.25, 0.3) is 10.9 Å². The Morgan fingerprint density at radius 2 is 2.29 bits per heavy atom. The van der Waals surface area contributed by atoms with E-state index in [4.69, 9.17) is 4.74 Å². The van der Waals surface area contributed by atoms with Crippen LogP contribution >= 0.6 is 0 Å². The second-order valence-corrected chi connectivity index (χ2v) is 3.02. The molecular weight excluding hydrogens is 178 g/mol. The molecule has 3 heteroatoms. The number of benzene rings is 1. The monoisotopic (exact) mass is 189 g/mol. The number of hydrogen-bond donors (Lipinski definition) is 1. The van der Waals surface area contributed by atoms with E-state index in [2.05, 4.69) is 4.98 Å². The van der Waals surface area contributed by atoms with Crippen molar-refractivity contribution in [3.05, 3.63) is 30.0 Å². The van der Waals surface area contributed by atoms with Crippen molar-refractivity contribution >= 4 is 17.2 Å². The number of aromatic amines is 1. The van der Waals surface area contributed by atoms with E-state index in [0.717, 1.165) is 22.9 Å². The lowest BCUT2D eigenvalue weighted by atomic mass is 10.2. The van der Waals surface area contributed by atoms with Gasteiger partial charge < -0.3 is 9.72 Å². The number of H-pyrrole nitrogens is 1. The Morgan fingerprint density at radius 1 is 1.43 bits per heavy atom. The maximum Gasteiger partial charge on any atom is 0.166 e. The largest absolute Gasteiger partial charge is 0.494 e. The number of rotatable bonds is 3. The molecule has 0 radical (unpaired) electrons. The maximum absolute atomic E-state index is 10.5. The molecule has 0 saturated heterocycles. The van der Waals surface area contributed by atoms with E-state index >= 15 is 0 Å².